The molecule has 2 atom stereocenters. The van der Waals surface area contributed by atoms with Crippen LogP contribution in [0.4, 0.5) is 0 Å². The Morgan fingerprint density at radius 3 is 3.06 bits per heavy atom. The van der Waals surface area contributed by atoms with Crippen LogP contribution < -0.4 is 9.47 Å². The Bertz CT molecular complexity index is 477. The van der Waals surface area contributed by atoms with E-state index in [1.165, 1.54) is 0 Å². The van der Waals surface area contributed by atoms with Crippen molar-refractivity contribution in [1.82, 2.24) is 0 Å². The largest absolute Gasteiger partial charge is 0.462 e. The predicted octanol–water partition coefficient (Wildman–Crippen LogP) is 3.35. The summed E-state index contributed by atoms with van der Waals surface area (Å²) >= 11 is 0. The zero-order chi connectivity index (χ0) is 13.1. The lowest BCUT2D eigenvalue weighted by molar-refractivity contribution is 0.0229. The van der Waals surface area contributed by atoms with Crippen molar-refractivity contribution in [1.29, 1.82) is 0 Å². The van der Waals surface area contributed by atoms with Gasteiger partial charge in [-0.05, 0) is 30.7 Å². The molecule has 1 aliphatic heterocycles. The highest BCUT2D eigenvalue weighted by atomic mass is 16.6. The maximum atomic E-state index is 9.39. The van der Waals surface area contributed by atoms with Gasteiger partial charge in [-0.3, -0.25) is 0 Å². The number of allylic oxidation sites excluding steroid dienone is 1. The minimum absolute atomic E-state index is 0.312. The van der Waals surface area contributed by atoms with Crippen molar-refractivity contribution in [3.05, 3.63) is 42.2 Å². The zero-order valence-electron chi connectivity index (χ0n) is 10.7. The lowest BCUT2D eigenvalue weighted by Crippen LogP contribution is -2.15. The number of aliphatic hydroxyl groups excluding tert-OH is 1. The van der Waals surface area contributed by atoms with E-state index in [0.717, 1.165) is 17.7 Å². The van der Waals surface area contributed by atoms with Gasteiger partial charge in [0.2, 0.25) is 6.29 Å². The monoisotopic (exact) mass is 246 g/mol. The molecule has 2 unspecified atom stereocenters. The molecule has 96 valence electrons. The molecule has 2 rings (SSSR count). The van der Waals surface area contributed by atoms with E-state index >= 15 is 0 Å². The zero-order valence-corrected chi connectivity index (χ0v) is 10.7. The van der Waals surface area contributed by atoms with Crippen molar-refractivity contribution < 1.29 is 14.6 Å². The molecule has 0 aliphatic carbocycles. The van der Waals surface area contributed by atoms with E-state index in [-0.39, 0.29) is 0 Å². The van der Waals surface area contributed by atoms with Crippen LogP contribution in [0.5, 0.6) is 11.5 Å². The highest BCUT2D eigenvalue weighted by Crippen LogP contribution is 2.31. The van der Waals surface area contributed by atoms with E-state index in [1.807, 2.05) is 18.2 Å². The van der Waals surface area contributed by atoms with Crippen molar-refractivity contribution in [3.63, 3.8) is 0 Å². The summed E-state index contributed by atoms with van der Waals surface area (Å²) in [4.78, 5) is 0. The maximum Gasteiger partial charge on any atom is 0.217 e. The number of hydrogen-bond donors (Lipinski definition) is 1. The summed E-state index contributed by atoms with van der Waals surface area (Å²) in [5.74, 6) is 2.36. The van der Waals surface area contributed by atoms with Crippen LogP contribution in [0.1, 0.15) is 25.8 Å². The second-order valence-corrected chi connectivity index (χ2v) is 4.44. The average Bonchev–Trinajstić information content (AvgIpc) is 2.37. The van der Waals surface area contributed by atoms with Crippen LogP contribution >= 0.6 is 0 Å². The highest BCUT2D eigenvalue weighted by molar-refractivity contribution is 5.61. The van der Waals surface area contributed by atoms with Gasteiger partial charge in [-0.2, -0.15) is 0 Å². The third-order valence-corrected chi connectivity index (χ3v) is 3.08. The van der Waals surface area contributed by atoms with Crippen molar-refractivity contribution in [3.8, 4) is 11.5 Å². The molecule has 1 aliphatic rings. The van der Waals surface area contributed by atoms with E-state index in [2.05, 4.69) is 20.4 Å². The summed E-state index contributed by atoms with van der Waals surface area (Å²) in [5.41, 5.74) is 0.932. The van der Waals surface area contributed by atoms with Gasteiger partial charge in [0.05, 0.1) is 5.76 Å². The van der Waals surface area contributed by atoms with E-state index in [1.54, 1.807) is 12.1 Å². The minimum atomic E-state index is -0.884. The van der Waals surface area contributed by atoms with Crippen molar-refractivity contribution >= 4 is 6.08 Å². The summed E-state index contributed by atoms with van der Waals surface area (Å²) in [5, 5.41) is 9.39. The van der Waals surface area contributed by atoms with Gasteiger partial charge in [0.15, 0.2) is 0 Å². The third kappa shape index (κ3) is 2.74. The molecule has 1 heterocycles. The number of rotatable bonds is 4. The quantitative estimate of drug-likeness (QED) is 0.828. The Balaban J connectivity index is 2.14. The molecule has 0 amide bonds. The first-order chi connectivity index (χ1) is 8.60. The van der Waals surface area contributed by atoms with Crippen LogP contribution in [0.15, 0.2) is 36.6 Å². The van der Waals surface area contributed by atoms with E-state index in [0.29, 0.717) is 17.4 Å². The highest BCUT2D eigenvalue weighted by Gasteiger charge is 2.14. The molecule has 0 spiro atoms. The Hall–Kier alpha value is -1.74. The summed E-state index contributed by atoms with van der Waals surface area (Å²) in [7, 11) is 0. The fourth-order valence-electron chi connectivity index (χ4n) is 1.65. The minimum Gasteiger partial charge on any atom is -0.462 e. The first-order valence-electron chi connectivity index (χ1n) is 6.13. The van der Waals surface area contributed by atoms with Crippen LogP contribution in [0, 0.1) is 5.92 Å². The molecular formula is C15H18O3. The maximum absolute atomic E-state index is 9.39. The fourth-order valence-corrected chi connectivity index (χ4v) is 1.65. The van der Waals surface area contributed by atoms with Gasteiger partial charge in [0.1, 0.15) is 11.5 Å². The number of ether oxygens (including phenoxy) is 2. The van der Waals surface area contributed by atoms with Crippen molar-refractivity contribution in [2.75, 3.05) is 0 Å². The molecule has 3 heteroatoms. The first kappa shape index (κ1) is 12.7. The molecule has 1 aromatic rings. The van der Waals surface area contributed by atoms with Gasteiger partial charge >= 0.3 is 0 Å². The van der Waals surface area contributed by atoms with Crippen LogP contribution in [0.3, 0.4) is 0 Å². The van der Waals surface area contributed by atoms with Gasteiger partial charge in [0.25, 0.3) is 0 Å². The van der Waals surface area contributed by atoms with Crippen molar-refractivity contribution in [2.45, 2.75) is 26.6 Å². The Labute approximate surface area is 107 Å². The molecule has 0 saturated carbocycles. The molecule has 18 heavy (non-hydrogen) atoms. The van der Waals surface area contributed by atoms with Crippen LogP contribution in [-0.2, 0) is 0 Å². The standard InChI is InChI=1S/C15H18O3/c1-4-10(2)11(3)17-13-7-5-12-6-8-15(16)18-14(12)9-13/h5-10,15-16H,3-4H2,1-2H3. The molecule has 0 saturated heterocycles. The summed E-state index contributed by atoms with van der Waals surface area (Å²) in [6.07, 6.45) is 3.53. The molecular weight excluding hydrogens is 228 g/mol. The smallest absolute Gasteiger partial charge is 0.217 e. The molecule has 1 aromatic carbocycles. The summed E-state index contributed by atoms with van der Waals surface area (Å²) in [6.45, 7) is 8.09. The topological polar surface area (TPSA) is 38.7 Å². The molecule has 3 nitrogen and oxygen atoms in total. The SMILES string of the molecule is C=C(Oc1ccc2c(c1)OC(O)C=C2)C(C)CC. The van der Waals surface area contributed by atoms with Gasteiger partial charge in [-0.25, -0.2) is 0 Å². The van der Waals surface area contributed by atoms with Gasteiger partial charge in [-0.15, -0.1) is 0 Å². The lowest BCUT2D eigenvalue weighted by Gasteiger charge is -2.19. The van der Waals surface area contributed by atoms with Crippen LogP contribution in [0.25, 0.3) is 6.08 Å². The lowest BCUT2D eigenvalue weighted by atomic mass is 10.1. The van der Waals surface area contributed by atoms with Crippen LogP contribution in [0.2, 0.25) is 0 Å². The van der Waals surface area contributed by atoms with E-state index in [4.69, 9.17) is 9.47 Å². The fraction of sp³-hybridized carbons (Fsp3) is 0.333. The second kappa shape index (κ2) is 5.27. The van der Waals surface area contributed by atoms with Crippen LogP contribution in [-0.4, -0.2) is 11.4 Å². The summed E-state index contributed by atoms with van der Waals surface area (Å²) < 4.78 is 11.0. The molecule has 0 aromatic heterocycles. The normalized spacial score (nSPS) is 18.7. The molecule has 0 bridgehead atoms. The van der Waals surface area contributed by atoms with E-state index in [9.17, 15) is 5.11 Å². The Kier molecular flexibility index (Phi) is 3.72. The van der Waals surface area contributed by atoms with E-state index < -0.39 is 6.29 Å². The summed E-state index contributed by atoms with van der Waals surface area (Å²) in [6, 6.07) is 5.55. The van der Waals surface area contributed by atoms with Gasteiger partial charge in [0, 0.05) is 17.5 Å². The Morgan fingerprint density at radius 1 is 1.56 bits per heavy atom. The second-order valence-electron chi connectivity index (χ2n) is 4.44. The predicted molar refractivity (Wildman–Crippen MR) is 71.3 cm³/mol. The van der Waals surface area contributed by atoms with Gasteiger partial charge in [-0.1, -0.05) is 20.4 Å². The van der Waals surface area contributed by atoms with Gasteiger partial charge < -0.3 is 14.6 Å². The average molecular weight is 246 g/mol. The Morgan fingerprint density at radius 2 is 2.33 bits per heavy atom. The number of fused-ring (bicyclic) bond motifs is 1. The number of aliphatic hydroxyl groups is 1. The van der Waals surface area contributed by atoms with Crippen molar-refractivity contribution in [2.24, 2.45) is 5.92 Å². The molecule has 0 fully saturated rings. The molecule has 1 N–H and O–H groups in total. The number of benzene rings is 1. The third-order valence-electron chi connectivity index (χ3n) is 3.08. The number of hydrogen-bond acceptors (Lipinski definition) is 3. The first-order valence-corrected chi connectivity index (χ1v) is 6.13. The molecule has 0 radical (unpaired) electrons.